The van der Waals surface area contributed by atoms with Gasteiger partial charge in [-0.15, -0.1) is 0 Å². The van der Waals surface area contributed by atoms with Crippen molar-refractivity contribution in [3.05, 3.63) is 18.2 Å². The second kappa shape index (κ2) is 5.56. The molecule has 2 N–H and O–H groups in total. The average molecular weight is 290 g/mol. The summed E-state index contributed by atoms with van der Waals surface area (Å²) in [7, 11) is 3.20. The summed E-state index contributed by atoms with van der Waals surface area (Å²) in [5.41, 5.74) is 0.977. The van der Waals surface area contributed by atoms with Gasteiger partial charge in [0.2, 0.25) is 5.91 Å². The molecule has 21 heavy (non-hydrogen) atoms. The predicted octanol–water partition coefficient (Wildman–Crippen LogP) is 2.03. The molecule has 1 aromatic rings. The average Bonchev–Trinajstić information content (AvgIpc) is 3.20. The summed E-state index contributed by atoms with van der Waals surface area (Å²) in [5.74, 6) is 1.62. The van der Waals surface area contributed by atoms with Crippen LogP contribution < -0.4 is 20.1 Å². The molecular formula is C16H22N2O3. The number of carbonyl (C=O) groups is 1. The number of methoxy groups -OCH3 is 2. The van der Waals surface area contributed by atoms with E-state index in [1.165, 1.54) is 0 Å². The van der Waals surface area contributed by atoms with Gasteiger partial charge in [0.05, 0.1) is 14.2 Å². The molecule has 1 spiro atoms. The number of piperidine rings is 1. The molecule has 2 fully saturated rings. The minimum Gasteiger partial charge on any atom is -0.497 e. The van der Waals surface area contributed by atoms with Gasteiger partial charge < -0.3 is 20.1 Å². The van der Waals surface area contributed by atoms with Crippen LogP contribution in [0.3, 0.4) is 0 Å². The lowest BCUT2D eigenvalue weighted by Gasteiger charge is -2.23. The second-order valence-corrected chi connectivity index (χ2v) is 5.96. The zero-order valence-corrected chi connectivity index (χ0v) is 12.6. The number of ether oxygens (including phenoxy) is 2. The summed E-state index contributed by atoms with van der Waals surface area (Å²) >= 11 is 0. The monoisotopic (exact) mass is 290 g/mol. The van der Waals surface area contributed by atoms with E-state index >= 15 is 0 Å². The van der Waals surface area contributed by atoms with Crippen molar-refractivity contribution in [2.75, 3.05) is 32.6 Å². The maximum atomic E-state index is 12.4. The fraction of sp³-hybridized carbons (Fsp3) is 0.562. The highest BCUT2D eigenvalue weighted by Gasteiger charge is 2.57. The molecule has 0 bridgehead atoms. The van der Waals surface area contributed by atoms with Crippen LogP contribution in [-0.4, -0.2) is 33.2 Å². The Morgan fingerprint density at radius 3 is 2.38 bits per heavy atom. The number of benzene rings is 1. The van der Waals surface area contributed by atoms with Gasteiger partial charge in [-0.05, 0) is 37.8 Å². The van der Waals surface area contributed by atoms with Gasteiger partial charge in [-0.2, -0.15) is 0 Å². The van der Waals surface area contributed by atoms with Crippen LogP contribution in [0.15, 0.2) is 18.2 Å². The fourth-order valence-corrected chi connectivity index (χ4v) is 3.30. The van der Waals surface area contributed by atoms with E-state index in [1.54, 1.807) is 20.3 Å². The number of nitrogens with one attached hydrogen (secondary N) is 2. The third-order valence-corrected chi connectivity index (χ3v) is 4.72. The first kappa shape index (κ1) is 14.2. The van der Waals surface area contributed by atoms with E-state index in [0.29, 0.717) is 11.5 Å². The first-order chi connectivity index (χ1) is 10.2. The van der Waals surface area contributed by atoms with E-state index in [0.717, 1.165) is 38.0 Å². The van der Waals surface area contributed by atoms with Gasteiger partial charge in [0.15, 0.2) is 0 Å². The molecule has 5 heteroatoms. The molecule has 1 amide bonds. The number of carbonyl (C=O) groups excluding carboxylic acids is 1. The van der Waals surface area contributed by atoms with Gasteiger partial charge in [0.1, 0.15) is 11.5 Å². The summed E-state index contributed by atoms with van der Waals surface area (Å²) in [5, 5.41) is 6.36. The van der Waals surface area contributed by atoms with Crippen LogP contribution in [-0.2, 0) is 4.79 Å². The van der Waals surface area contributed by atoms with Crippen molar-refractivity contribution < 1.29 is 14.3 Å². The molecule has 1 saturated heterocycles. The van der Waals surface area contributed by atoms with Crippen molar-refractivity contribution in [1.82, 2.24) is 5.32 Å². The second-order valence-electron chi connectivity index (χ2n) is 5.96. The smallest absolute Gasteiger partial charge is 0.228 e. The van der Waals surface area contributed by atoms with Crippen molar-refractivity contribution in [3.8, 4) is 11.5 Å². The molecule has 5 nitrogen and oxygen atoms in total. The van der Waals surface area contributed by atoms with Gasteiger partial charge in [-0.3, -0.25) is 4.79 Å². The third-order valence-electron chi connectivity index (χ3n) is 4.72. The van der Waals surface area contributed by atoms with E-state index < -0.39 is 0 Å². The lowest BCUT2D eigenvalue weighted by Crippen LogP contribution is -2.31. The molecule has 1 unspecified atom stereocenters. The molecule has 1 aliphatic heterocycles. The molecule has 2 aliphatic rings. The highest BCUT2D eigenvalue weighted by molar-refractivity contribution is 5.95. The lowest BCUT2D eigenvalue weighted by atomic mass is 9.92. The van der Waals surface area contributed by atoms with Crippen LogP contribution in [0, 0.1) is 11.3 Å². The van der Waals surface area contributed by atoms with Gasteiger partial charge in [-0.1, -0.05) is 0 Å². The SMILES string of the molecule is COc1cc(NC(=O)C2CC23CCNCC3)cc(OC)c1. The van der Waals surface area contributed by atoms with Crippen molar-refractivity contribution >= 4 is 11.6 Å². The minimum atomic E-state index is 0.118. The van der Waals surface area contributed by atoms with Gasteiger partial charge in [0, 0.05) is 29.8 Å². The van der Waals surface area contributed by atoms with Crippen LogP contribution in [0.25, 0.3) is 0 Å². The van der Waals surface area contributed by atoms with Crippen molar-refractivity contribution in [2.45, 2.75) is 19.3 Å². The molecule has 1 aromatic carbocycles. The van der Waals surface area contributed by atoms with E-state index in [9.17, 15) is 4.79 Å². The van der Waals surface area contributed by atoms with Crippen LogP contribution in [0.1, 0.15) is 19.3 Å². The minimum absolute atomic E-state index is 0.118. The molecule has 0 aromatic heterocycles. The van der Waals surface area contributed by atoms with E-state index in [4.69, 9.17) is 9.47 Å². The first-order valence-corrected chi connectivity index (χ1v) is 7.41. The van der Waals surface area contributed by atoms with Gasteiger partial charge >= 0.3 is 0 Å². The molecule has 3 rings (SSSR count). The number of hydrogen-bond acceptors (Lipinski definition) is 4. The van der Waals surface area contributed by atoms with Crippen LogP contribution >= 0.6 is 0 Å². The lowest BCUT2D eigenvalue weighted by molar-refractivity contribution is -0.118. The summed E-state index contributed by atoms with van der Waals surface area (Å²) in [6.07, 6.45) is 3.22. The quantitative estimate of drug-likeness (QED) is 0.891. The normalized spacial score (nSPS) is 22.7. The standard InChI is InChI=1S/C16H22N2O3/c1-20-12-7-11(8-13(9-12)21-2)18-15(19)14-10-16(14)3-5-17-6-4-16/h7-9,14,17H,3-6,10H2,1-2H3,(H,18,19). The highest BCUT2D eigenvalue weighted by atomic mass is 16.5. The zero-order valence-electron chi connectivity index (χ0n) is 12.6. The Balaban J connectivity index is 1.68. The molecule has 1 aliphatic carbocycles. The topological polar surface area (TPSA) is 59.6 Å². The zero-order chi connectivity index (χ0) is 14.9. The number of amides is 1. The van der Waals surface area contributed by atoms with Crippen molar-refractivity contribution in [2.24, 2.45) is 11.3 Å². The largest absolute Gasteiger partial charge is 0.497 e. The van der Waals surface area contributed by atoms with Crippen molar-refractivity contribution in [1.29, 1.82) is 0 Å². The van der Waals surface area contributed by atoms with Crippen LogP contribution in [0.4, 0.5) is 5.69 Å². The Kier molecular flexibility index (Phi) is 3.76. The first-order valence-electron chi connectivity index (χ1n) is 7.41. The van der Waals surface area contributed by atoms with Crippen molar-refractivity contribution in [3.63, 3.8) is 0 Å². The summed E-state index contributed by atoms with van der Waals surface area (Å²) < 4.78 is 10.5. The molecule has 1 saturated carbocycles. The third kappa shape index (κ3) is 2.83. The van der Waals surface area contributed by atoms with E-state index in [1.807, 2.05) is 12.1 Å². The Hall–Kier alpha value is -1.75. The highest BCUT2D eigenvalue weighted by Crippen LogP contribution is 2.58. The number of hydrogen-bond donors (Lipinski definition) is 2. The van der Waals surface area contributed by atoms with E-state index in [2.05, 4.69) is 10.6 Å². The maximum Gasteiger partial charge on any atom is 0.228 e. The number of rotatable bonds is 4. The molecule has 0 radical (unpaired) electrons. The predicted molar refractivity (Wildman–Crippen MR) is 80.8 cm³/mol. The Labute approximate surface area is 125 Å². The molecule has 1 heterocycles. The van der Waals surface area contributed by atoms with Gasteiger partial charge in [-0.25, -0.2) is 0 Å². The van der Waals surface area contributed by atoms with Crippen LogP contribution in [0.5, 0.6) is 11.5 Å². The number of anilines is 1. The summed E-state index contributed by atoms with van der Waals surface area (Å²) in [6.45, 7) is 2.05. The Morgan fingerprint density at radius 1 is 1.19 bits per heavy atom. The maximum absolute atomic E-state index is 12.4. The Bertz CT molecular complexity index is 516. The Morgan fingerprint density at radius 2 is 1.81 bits per heavy atom. The van der Waals surface area contributed by atoms with E-state index in [-0.39, 0.29) is 17.2 Å². The summed E-state index contributed by atoms with van der Waals surface area (Å²) in [6, 6.07) is 5.43. The summed E-state index contributed by atoms with van der Waals surface area (Å²) in [4.78, 5) is 12.4. The fourth-order valence-electron chi connectivity index (χ4n) is 3.30. The molecular weight excluding hydrogens is 268 g/mol. The molecule has 114 valence electrons. The molecule has 1 atom stereocenters. The van der Waals surface area contributed by atoms with Gasteiger partial charge in [0.25, 0.3) is 0 Å². The van der Waals surface area contributed by atoms with Crippen LogP contribution in [0.2, 0.25) is 0 Å².